The molecule has 0 N–H and O–H groups in total. The van der Waals surface area contributed by atoms with E-state index in [-0.39, 0.29) is 5.92 Å². The van der Waals surface area contributed by atoms with E-state index in [1.807, 2.05) is 74.5 Å². The van der Waals surface area contributed by atoms with Crippen molar-refractivity contribution in [3.05, 3.63) is 106 Å². The minimum absolute atomic E-state index is 0.266. The fourth-order valence-electron chi connectivity index (χ4n) is 5.50. The molecule has 6 heteroatoms. The highest BCUT2D eigenvalue weighted by Crippen LogP contribution is 2.54. The molecule has 1 aliphatic carbocycles. The van der Waals surface area contributed by atoms with Crippen LogP contribution in [0.5, 0.6) is 0 Å². The van der Waals surface area contributed by atoms with Gasteiger partial charge in [-0.25, -0.2) is 0 Å². The van der Waals surface area contributed by atoms with Gasteiger partial charge in [-0.1, -0.05) is 60.7 Å². The average molecular weight is 437 g/mol. The van der Waals surface area contributed by atoms with E-state index in [9.17, 15) is 13.9 Å². The third-order valence-electron chi connectivity index (χ3n) is 7.00. The highest BCUT2D eigenvalue weighted by Gasteiger charge is 2.55. The van der Waals surface area contributed by atoms with Crippen LogP contribution in [0.1, 0.15) is 43.0 Å². The molecule has 2 aliphatic heterocycles. The second-order valence-corrected chi connectivity index (χ2v) is 8.71. The summed E-state index contributed by atoms with van der Waals surface area (Å²) in [7, 11) is -2.69. The first-order chi connectivity index (χ1) is 15.9. The Morgan fingerprint density at radius 2 is 1.76 bits per heavy atom. The highest BCUT2D eigenvalue weighted by atomic mass is 19.2. The predicted molar refractivity (Wildman–Crippen MR) is 129 cm³/mol. The summed E-state index contributed by atoms with van der Waals surface area (Å²) in [6, 6.07) is 17.2. The van der Waals surface area contributed by atoms with Gasteiger partial charge in [-0.3, -0.25) is 13.6 Å². The van der Waals surface area contributed by atoms with Gasteiger partial charge >= 0.3 is 7.40 Å². The zero-order valence-corrected chi connectivity index (χ0v) is 18.7. The van der Waals surface area contributed by atoms with Gasteiger partial charge in [0.15, 0.2) is 0 Å². The zero-order chi connectivity index (χ0) is 23.3. The van der Waals surface area contributed by atoms with Gasteiger partial charge in [-0.15, -0.1) is 0 Å². The van der Waals surface area contributed by atoms with E-state index >= 15 is 0 Å². The number of allylic oxidation sites excluding steroid dienone is 4. The van der Waals surface area contributed by atoms with Crippen molar-refractivity contribution in [1.29, 1.82) is 5.26 Å². The largest absolute Gasteiger partial charge is 0.673 e. The molecular formula is C27H22BF2N3. The van der Waals surface area contributed by atoms with Gasteiger partial charge in [0.2, 0.25) is 0 Å². The van der Waals surface area contributed by atoms with Crippen molar-refractivity contribution in [1.82, 2.24) is 4.81 Å². The number of aliphatic imine (C=N–C) groups is 1. The van der Waals surface area contributed by atoms with Crippen LogP contribution in [0.15, 0.2) is 89.1 Å². The minimum Gasteiger partial charge on any atom is -0.350 e. The highest BCUT2D eigenvalue weighted by molar-refractivity contribution is 6.41. The molecule has 0 aromatic heterocycles. The van der Waals surface area contributed by atoms with Gasteiger partial charge < -0.3 is 4.81 Å². The van der Waals surface area contributed by atoms with Crippen LogP contribution in [-0.2, 0) is 0 Å². The molecular weight excluding hydrogens is 415 g/mol. The molecule has 0 spiro atoms. The molecule has 5 rings (SSSR count). The van der Waals surface area contributed by atoms with Gasteiger partial charge in [0.1, 0.15) is 0 Å². The van der Waals surface area contributed by atoms with E-state index in [0.29, 0.717) is 17.0 Å². The molecule has 0 saturated heterocycles. The Hall–Kier alpha value is -3.72. The number of halogens is 2. The van der Waals surface area contributed by atoms with Gasteiger partial charge in [0.25, 0.3) is 0 Å². The summed E-state index contributed by atoms with van der Waals surface area (Å²) >= 11 is 0. The smallest absolute Gasteiger partial charge is 0.350 e. The fourth-order valence-corrected chi connectivity index (χ4v) is 5.50. The first-order valence-electron chi connectivity index (χ1n) is 10.9. The Balaban J connectivity index is 1.85. The quantitative estimate of drug-likeness (QED) is 0.532. The Labute approximate surface area is 193 Å². The third-order valence-corrected chi connectivity index (χ3v) is 7.00. The van der Waals surface area contributed by atoms with Crippen LogP contribution in [0.25, 0.3) is 11.3 Å². The SMILES string of the molecule is CC1=N/C(=C(/c2ccc(C#N)cc2)C2(C)C3C=CC=CC3=C(C)N2B(F)F)c2ccccc21. The molecule has 0 saturated carbocycles. The number of rotatable bonds is 3. The molecule has 2 aromatic carbocycles. The van der Waals surface area contributed by atoms with E-state index in [2.05, 4.69) is 6.07 Å². The summed E-state index contributed by atoms with van der Waals surface area (Å²) in [6.45, 7) is 5.60. The molecule has 0 radical (unpaired) electrons. The number of nitrogens with zero attached hydrogens (tertiary/aromatic N) is 3. The Bertz CT molecular complexity index is 1340. The average Bonchev–Trinajstić information content (AvgIpc) is 3.27. The second-order valence-electron chi connectivity index (χ2n) is 8.71. The summed E-state index contributed by atoms with van der Waals surface area (Å²) < 4.78 is 29.4. The molecule has 0 amide bonds. The molecule has 2 unspecified atom stereocenters. The molecule has 3 nitrogen and oxygen atoms in total. The van der Waals surface area contributed by atoms with Gasteiger partial charge in [-0.05, 0) is 44.0 Å². The number of benzene rings is 2. The van der Waals surface area contributed by atoms with Crippen LogP contribution in [-0.4, -0.2) is 23.5 Å². The number of hydrogen-bond acceptors (Lipinski definition) is 3. The van der Waals surface area contributed by atoms with Crippen LogP contribution >= 0.6 is 0 Å². The van der Waals surface area contributed by atoms with Gasteiger partial charge in [0.05, 0.1) is 22.9 Å². The number of fused-ring (bicyclic) bond motifs is 2. The minimum atomic E-state index is -2.69. The molecule has 3 aliphatic rings. The topological polar surface area (TPSA) is 39.4 Å². The van der Waals surface area contributed by atoms with E-state index in [1.165, 1.54) is 4.81 Å². The van der Waals surface area contributed by atoms with Gasteiger partial charge in [0, 0.05) is 34.0 Å². The molecule has 33 heavy (non-hydrogen) atoms. The number of nitriles is 1. The summed E-state index contributed by atoms with van der Waals surface area (Å²) in [4.78, 5) is 6.16. The van der Waals surface area contributed by atoms with Crippen LogP contribution in [0.4, 0.5) is 8.63 Å². The first-order valence-corrected chi connectivity index (χ1v) is 10.9. The molecule has 2 atom stereocenters. The lowest BCUT2D eigenvalue weighted by Gasteiger charge is -2.43. The molecule has 162 valence electrons. The lowest BCUT2D eigenvalue weighted by molar-refractivity contribution is 0.279. The number of hydrogen-bond donors (Lipinski definition) is 0. The summed E-state index contributed by atoms with van der Waals surface area (Å²) in [5.41, 5.74) is 5.92. The maximum absolute atomic E-state index is 14.7. The van der Waals surface area contributed by atoms with Crippen molar-refractivity contribution in [2.24, 2.45) is 10.9 Å². The normalized spacial score (nSPS) is 24.4. The lowest BCUT2D eigenvalue weighted by Crippen LogP contribution is -2.51. The van der Waals surface area contributed by atoms with Crippen molar-refractivity contribution < 1.29 is 8.63 Å². The molecule has 2 heterocycles. The maximum atomic E-state index is 14.7. The zero-order valence-electron chi connectivity index (χ0n) is 18.7. The van der Waals surface area contributed by atoms with E-state index < -0.39 is 12.9 Å². The Kier molecular flexibility index (Phi) is 4.94. The van der Waals surface area contributed by atoms with Crippen molar-refractivity contribution in [2.45, 2.75) is 26.3 Å². The van der Waals surface area contributed by atoms with Crippen LogP contribution in [0, 0.1) is 17.2 Å². The maximum Gasteiger partial charge on any atom is 0.673 e. The molecule has 0 fully saturated rings. The monoisotopic (exact) mass is 437 g/mol. The van der Waals surface area contributed by atoms with Crippen molar-refractivity contribution in [3.63, 3.8) is 0 Å². The summed E-state index contributed by atoms with van der Waals surface area (Å²) in [5, 5.41) is 9.29. The fraction of sp³-hybridized carbons (Fsp3) is 0.185. The molecule has 0 bridgehead atoms. The Morgan fingerprint density at radius 1 is 1.06 bits per heavy atom. The second kappa shape index (κ2) is 7.70. The first kappa shape index (κ1) is 21.1. The molecule has 2 aromatic rings. The van der Waals surface area contributed by atoms with Crippen LogP contribution in [0.2, 0.25) is 0 Å². The predicted octanol–water partition coefficient (Wildman–Crippen LogP) is 6.26. The van der Waals surface area contributed by atoms with Gasteiger partial charge in [-0.2, -0.15) is 5.26 Å². The van der Waals surface area contributed by atoms with E-state index in [4.69, 9.17) is 4.99 Å². The van der Waals surface area contributed by atoms with E-state index in [1.54, 1.807) is 19.1 Å². The Morgan fingerprint density at radius 3 is 2.42 bits per heavy atom. The van der Waals surface area contributed by atoms with Crippen LogP contribution < -0.4 is 0 Å². The summed E-state index contributed by atoms with van der Waals surface area (Å²) in [6.07, 6.45) is 7.75. The van der Waals surface area contributed by atoms with E-state index in [0.717, 1.165) is 33.5 Å². The summed E-state index contributed by atoms with van der Waals surface area (Å²) in [5.74, 6) is -0.266. The van der Waals surface area contributed by atoms with Crippen molar-refractivity contribution in [2.75, 3.05) is 0 Å². The lowest BCUT2D eigenvalue weighted by atomic mass is 9.71. The van der Waals surface area contributed by atoms with Crippen molar-refractivity contribution in [3.8, 4) is 6.07 Å². The third kappa shape index (κ3) is 3.03. The van der Waals surface area contributed by atoms with Crippen LogP contribution in [0.3, 0.4) is 0 Å². The standard InChI is InChI=1S/C27H22BF2N3/c1-17-21-8-4-5-10-23(21)26(32-17)25(20-14-12-19(16-31)13-15-20)27(3)24-11-7-6-9-22(24)18(2)33(27)28(29)30/h4-15,24H,1-3H3/b26-25-. The van der Waals surface area contributed by atoms with Crippen molar-refractivity contribution >= 4 is 24.4 Å².